The van der Waals surface area contributed by atoms with E-state index in [2.05, 4.69) is 0 Å². The fourth-order valence-electron chi connectivity index (χ4n) is 1.67. The highest BCUT2D eigenvalue weighted by molar-refractivity contribution is 6.01. The second-order valence-electron chi connectivity index (χ2n) is 5.04. The van der Waals surface area contributed by atoms with Crippen LogP contribution >= 0.6 is 0 Å². The van der Waals surface area contributed by atoms with Gasteiger partial charge in [0.15, 0.2) is 0 Å². The van der Waals surface area contributed by atoms with Crippen LogP contribution in [0.5, 0.6) is 0 Å². The van der Waals surface area contributed by atoms with E-state index in [1.807, 2.05) is 25.7 Å². The Hall–Kier alpha value is -1.11. The van der Waals surface area contributed by atoms with Crippen LogP contribution in [0.2, 0.25) is 0 Å². The fourth-order valence-corrected chi connectivity index (χ4v) is 1.67. The van der Waals surface area contributed by atoms with Crippen LogP contribution in [0.3, 0.4) is 0 Å². The average Bonchev–Trinajstić information content (AvgIpc) is 2.13. The summed E-state index contributed by atoms with van der Waals surface area (Å²) in [6.07, 6.45) is -4.68. The number of piperazine rings is 1. The maximum Gasteiger partial charge on any atom is 0.449 e. The van der Waals surface area contributed by atoms with Crippen molar-refractivity contribution < 1.29 is 13.2 Å². The zero-order valence-corrected chi connectivity index (χ0v) is 10.1. The smallest absolute Gasteiger partial charge is 0.309 e. The van der Waals surface area contributed by atoms with Crippen molar-refractivity contribution in [3.8, 4) is 0 Å². The molecule has 1 fully saturated rings. The van der Waals surface area contributed by atoms with Gasteiger partial charge in [-0.3, -0.25) is 15.7 Å². The summed E-state index contributed by atoms with van der Waals surface area (Å²) in [7, 11) is 0. The predicted octanol–water partition coefficient (Wildman–Crippen LogP) is 1.92. The van der Waals surface area contributed by atoms with Crippen LogP contribution in [0.4, 0.5) is 13.2 Å². The number of alkyl halides is 3. The molecule has 1 rings (SSSR count). The lowest BCUT2D eigenvalue weighted by Crippen LogP contribution is -2.59. The summed E-state index contributed by atoms with van der Waals surface area (Å²) in [5.41, 5.74) is -0.182. The molecule has 98 valence electrons. The molecular formula is C10H17F3N4. The monoisotopic (exact) mass is 250 g/mol. The number of halogens is 3. The van der Waals surface area contributed by atoms with Gasteiger partial charge < -0.3 is 4.90 Å². The van der Waals surface area contributed by atoms with Gasteiger partial charge in [0.2, 0.25) is 5.84 Å². The second kappa shape index (κ2) is 4.29. The zero-order valence-electron chi connectivity index (χ0n) is 10.1. The molecule has 1 heterocycles. The minimum Gasteiger partial charge on any atom is -0.309 e. The van der Waals surface area contributed by atoms with Crippen molar-refractivity contribution in [2.24, 2.45) is 0 Å². The number of hydrogen-bond acceptors (Lipinski definition) is 3. The summed E-state index contributed by atoms with van der Waals surface area (Å²) < 4.78 is 37.1. The lowest BCUT2D eigenvalue weighted by atomic mass is 10.0. The molecule has 0 bridgehead atoms. The van der Waals surface area contributed by atoms with Crippen LogP contribution < -0.4 is 0 Å². The Morgan fingerprint density at radius 3 is 2.06 bits per heavy atom. The first kappa shape index (κ1) is 14.0. The molecule has 0 atom stereocenters. The van der Waals surface area contributed by atoms with E-state index in [0.29, 0.717) is 6.54 Å². The first-order valence-corrected chi connectivity index (χ1v) is 5.29. The fraction of sp³-hybridized carbons (Fsp3) is 0.800. The highest BCUT2D eigenvalue weighted by atomic mass is 19.4. The minimum atomic E-state index is -4.68. The van der Waals surface area contributed by atoms with Crippen LogP contribution in [-0.4, -0.2) is 52.8 Å². The topological polar surface area (TPSA) is 54.2 Å². The third-order valence-electron chi connectivity index (χ3n) is 2.75. The van der Waals surface area contributed by atoms with Crippen LogP contribution in [0, 0.1) is 10.8 Å². The summed E-state index contributed by atoms with van der Waals surface area (Å²) in [5, 5.41) is 14.6. The first-order chi connectivity index (χ1) is 7.53. The zero-order chi connectivity index (χ0) is 13.4. The quantitative estimate of drug-likeness (QED) is 0.510. The second-order valence-corrected chi connectivity index (χ2v) is 5.04. The van der Waals surface area contributed by atoms with Crippen LogP contribution in [0.15, 0.2) is 0 Å². The molecule has 0 unspecified atom stereocenters. The van der Waals surface area contributed by atoms with Gasteiger partial charge in [0.05, 0.1) is 6.54 Å². The van der Waals surface area contributed by atoms with Gasteiger partial charge in [-0.15, -0.1) is 0 Å². The molecule has 0 aromatic carbocycles. The highest BCUT2D eigenvalue weighted by Gasteiger charge is 2.42. The van der Waals surface area contributed by atoms with E-state index < -0.39 is 12.0 Å². The summed E-state index contributed by atoms with van der Waals surface area (Å²) >= 11 is 0. The van der Waals surface area contributed by atoms with E-state index >= 15 is 0 Å². The normalized spacial score (nSPS) is 19.6. The standard InChI is InChI=1S/C10H17F3N4/c1-9(2,3)16-4-5-17(7(14)6-16)8(15)10(11,12)13/h14-15H,4-6H2,1-3H3. The Bertz CT molecular complexity index is 329. The average molecular weight is 250 g/mol. The molecule has 2 N–H and O–H groups in total. The van der Waals surface area contributed by atoms with Crippen molar-refractivity contribution in [1.29, 1.82) is 10.8 Å². The summed E-state index contributed by atoms with van der Waals surface area (Å²) in [6, 6.07) is 0. The molecule has 1 saturated heterocycles. The van der Waals surface area contributed by atoms with Crippen molar-refractivity contribution in [3.63, 3.8) is 0 Å². The maximum atomic E-state index is 12.4. The lowest BCUT2D eigenvalue weighted by Gasteiger charge is -2.43. The van der Waals surface area contributed by atoms with E-state index in [1.54, 1.807) is 0 Å². The molecule has 0 amide bonds. The Morgan fingerprint density at radius 1 is 1.18 bits per heavy atom. The van der Waals surface area contributed by atoms with E-state index in [4.69, 9.17) is 10.8 Å². The largest absolute Gasteiger partial charge is 0.449 e. The molecule has 17 heavy (non-hydrogen) atoms. The molecule has 0 radical (unpaired) electrons. The van der Waals surface area contributed by atoms with Crippen LogP contribution in [-0.2, 0) is 0 Å². The Kier molecular flexibility index (Phi) is 3.52. The molecule has 4 nitrogen and oxygen atoms in total. The van der Waals surface area contributed by atoms with Crippen molar-refractivity contribution >= 4 is 11.7 Å². The molecule has 0 saturated carbocycles. The Labute approximate surface area is 98.4 Å². The van der Waals surface area contributed by atoms with Crippen LogP contribution in [0.25, 0.3) is 0 Å². The van der Waals surface area contributed by atoms with E-state index in [1.165, 1.54) is 0 Å². The minimum absolute atomic E-state index is 0.0362. The first-order valence-electron chi connectivity index (χ1n) is 5.29. The van der Waals surface area contributed by atoms with E-state index in [-0.39, 0.29) is 24.5 Å². The molecule has 0 aromatic heterocycles. The van der Waals surface area contributed by atoms with Gasteiger partial charge in [-0.2, -0.15) is 13.2 Å². The number of hydrogen-bond donors (Lipinski definition) is 2. The van der Waals surface area contributed by atoms with E-state index in [9.17, 15) is 13.2 Å². The number of nitrogens with zero attached hydrogens (tertiary/aromatic N) is 2. The molecule has 7 heteroatoms. The van der Waals surface area contributed by atoms with Gasteiger partial charge in [-0.05, 0) is 20.8 Å². The number of rotatable bonds is 0. The number of nitrogens with one attached hydrogen (secondary N) is 2. The third-order valence-corrected chi connectivity index (χ3v) is 2.75. The summed E-state index contributed by atoms with van der Waals surface area (Å²) in [6.45, 7) is 6.45. The SMILES string of the molecule is CC(C)(C)N1CCN(C(=N)C(F)(F)F)C(=N)C1. The number of amidine groups is 2. The molecule has 0 aliphatic carbocycles. The van der Waals surface area contributed by atoms with Crippen molar-refractivity contribution in [2.75, 3.05) is 19.6 Å². The predicted molar refractivity (Wildman–Crippen MR) is 59.5 cm³/mol. The van der Waals surface area contributed by atoms with Gasteiger partial charge in [0.1, 0.15) is 5.84 Å². The Morgan fingerprint density at radius 2 is 1.71 bits per heavy atom. The summed E-state index contributed by atoms with van der Waals surface area (Å²) in [5.74, 6) is -1.62. The van der Waals surface area contributed by atoms with Crippen molar-refractivity contribution in [2.45, 2.75) is 32.5 Å². The lowest BCUT2D eigenvalue weighted by molar-refractivity contribution is -0.0680. The van der Waals surface area contributed by atoms with E-state index in [0.717, 1.165) is 4.90 Å². The molecular weight excluding hydrogens is 233 g/mol. The molecule has 1 aliphatic rings. The van der Waals surface area contributed by atoms with Gasteiger partial charge in [-0.25, -0.2) is 0 Å². The highest BCUT2D eigenvalue weighted by Crippen LogP contribution is 2.22. The summed E-state index contributed by atoms with van der Waals surface area (Å²) in [4.78, 5) is 2.65. The Balaban J connectivity index is 2.73. The van der Waals surface area contributed by atoms with Crippen molar-refractivity contribution in [3.05, 3.63) is 0 Å². The van der Waals surface area contributed by atoms with Gasteiger partial charge >= 0.3 is 6.18 Å². The van der Waals surface area contributed by atoms with Gasteiger partial charge in [-0.1, -0.05) is 0 Å². The molecule has 1 aliphatic heterocycles. The van der Waals surface area contributed by atoms with Gasteiger partial charge in [0.25, 0.3) is 0 Å². The maximum absolute atomic E-state index is 12.4. The third kappa shape index (κ3) is 3.18. The van der Waals surface area contributed by atoms with Gasteiger partial charge in [0, 0.05) is 18.6 Å². The van der Waals surface area contributed by atoms with Crippen molar-refractivity contribution in [1.82, 2.24) is 9.80 Å². The van der Waals surface area contributed by atoms with Crippen LogP contribution in [0.1, 0.15) is 20.8 Å². The molecule has 0 aromatic rings. The molecule has 0 spiro atoms.